The summed E-state index contributed by atoms with van der Waals surface area (Å²) in [5.41, 5.74) is 0.346. The van der Waals surface area contributed by atoms with Gasteiger partial charge in [0.15, 0.2) is 11.2 Å². The van der Waals surface area contributed by atoms with Crippen molar-refractivity contribution in [3.05, 3.63) is 26.7 Å². The smallest absolute Gasteiger partial charge is 0.322 e. The van der Waals surface area contributed by atoms with Crippen molar-refractivity contribution < 1.29 is 0 Å². The van der Waals surface area contributed by atoms with Crippen molar-refractivity contribution in [2.75, 3.05) is 13.1 Å². The van der Waals surface area contributed by atoms with Gasteiger partial charge in [0, 0.05) is 20.6 Å². The van der Waals surface area contributed by atoms with Crippen LogP contribution in [0.25, 0.3) is 11.2 Å². The quantitative estimate of drug-likeness (QED) is 0.690. The first-order chi connectivity index (χ1) is 12.4. The molecule has 0 saturated carbocycles. The summed E-state index contributed by atoms with van der Waals surface area (Å²) < 4.78 is 4.41. The summed E-state index contributed by atoms with van der Waals surface area (Å²) in [6.45, 7) is 11.5. The van der Waals surface area contributed by atoms with Crippen molar-refractivity contribution in [1.29, 1.82) is 0 Å². The van der Waals surface area contributed by atoms with E-state index in [1.54, 1.807) is 7.05 Å². The number of hydrogen-bond acceptors (Lipinski definition) is 4. The van der Waals surface area contributed by atoms with Crippen molar-refractivity contribution in [1.82, 2.24) is 24.0 Å². The Morgan fingerprint density at radius 3 is 1.96 bits per heavy atom. The van der Waals surface area contributed by atoms with Crippen molar-refractivity contribution in [2.24, 2.45) is 14.1 Å². The van der Waals surface area contributed by atoms with E-state index < -0.39 is 0 Å². The van der Waals surface area contributed by atoms with E-state index in [1.807, 2.05) is 18.4 Å². The molecule has 0 bridgehead atoms. The zero-order chi connectivity index (χ0) is 19.7. The maximum Gasteiger partial charge on any atom is 0.332 e. The van der Waals surface area contributed by atoms with Crippen LogP contribution in [-0.2, 0) is 20.6 Å². The van der Waals surface area contributed by atoms with Gasteiger partial charge in [-0.25, -0.2) is 9.78 Å². The van der Waals surface area contributed by atoms with Crippen LogP contribution in [-0.4, -0.2) is 31.8 Å². The van der Waals surface area contributed by atoms with Gasteiger partial charge < -0.3 is 9.88 Å². The number of fused-ring (bicyclic) bond motifs is 1. The predicted octanol–water partition coefficient (Wildman–Crippen LogP) is 2.75. The molecule has 156 valence electrons. The molecular weight excluding hydrogens is 366 g/mol. The van der Waals surface area contributed by atoms with Gasteiger partial charge in [-0.3, -0.25) is 13.9 Å². The monoisotopic (exact) mass is 401 g/mol. The number of nitrogens with zero attached hydrogens (tertiary/aromatic N) is 4. The fraction of sp³-hybridized carbons (Fsp3) is 0.737. The molecule has 2 aromatic heterocycles. The summed E-state index contributed by atoms with van der Waals surface area (Å²) in [7, 11) is 3.12. The van der Waals surface area contributed by atoms with Gasteiger partial charge in [0.2, 0.25) is 0 Å². The zero-order valence-electron chi connectivity index (χ0n) is 17.7. The van der Waals surface area contributed by atoms with Crippen LogP contribution in [0, 0.1) is 6.92 Å². The highest BCUT2D eigenvalue weighted by molar-refractivity contribution is 5.85. The molecular formula is C19H36ClN5O2. The van der Waals surface area contributed by atoms with Gasteiger partial charge in [-0.15, -0.1) is 12.4 Å². The van der Waals surface area contributed by atoms with Crippen LogP contribution in [0.5, 0.6) is 0 Å². The maximum absolute atomic E-state index is 12.1. The van der Waals surface area contributed by atoms with Crippen LogP contribution in [0.1, 0.15) is 58.7 Å². The van der Waals surface area contributed by atoms with Crippen LogP contribution in [0.15, 0.2) is 9.59 Å². The third-order valence-corrected chi connectivity index (χ3v) is 4.40. The molecule has 8 heteroatoms. The highest BCUT2D eigenvalue weighted by atomic mass is 35.5. The molecule has 0 radical (unpaired) electrons. The van der Waals surface area contributed by atoms with Crippen molar-refractivity contribution in [2.45, 2.75) is 66.3 Å². The Bertz CT molecular complexity index is 801. The Balaban J connectivity index is 0.000000584. The van der Waals surface area contributed by atoms with E-state index in [9.17, 15) is 9.59 Å². The summed E-state index contributed by atoms with van der Waals surface area (Å²) in [5, 5.41) is 3.39. The number of hydrogen-bond donors (Lipinski definition) is 1. The lowest BCUT2D eigenvalue weighted by molar-refractivity contribution is 0.611. The van der Waals surface area contributed by atoms with Gasteiger partial charge in [0.1, 0.15) is 5.82 Å². The first kappa shape index (κ1) is 25.4. The van der Waals surface area contributed by atoms with Crippen LogP contribution in [0.2, 0.25) is 0 Å². The average Bonchev–Trinajstić information content (AvgIpc) is 2.96. The van der Waals surface area contributed by atoms with E-state index in [0.717, 1.165) is 23.4 Å². The van der Waals surface area contributed by atoms with E-state index in [0.29, 0.717) is 11.2 Å². The molecule has 0 aliphatic carbocycles. The van der Waals surface area contributed by atoms with Crippen molar-refractivity contribution in [3.8, 4) is 0 Å². The highest BCUT2D eigenvalue weighted by Crippen LogP contribution is 2.10. The minimum Gasteiger partial charge on any atom is -0.322 e. The largest absolute Gasteiger partial charge is 0.332 e. The van der Waals surface area contributed by atoms with E-state index in [-0.39, 0.29) is 23.7 Å². The van der Waals surface area contributed by atoms with E-state index in [2.05, 4.69) is 24.1 Å². The van der Waals surface area contributed by atoms with E-state index >= 15 is 0 Å². The first-order valence-electron chi connectivity index (χ1n) is 9.74. The fourth-order valence-electron chi connectivity index (χ4n) is 2.78. The zero-order valence-corrected chi connectivity index (χ0v) is 18.5. The second-order valence-electron chi connectivity index (χ2n) is 6.65. The summed E-state index contributed by atoms with van der Waals surface area (Å²) >= 11 is 0. The number of rotatable bonds is 8. The summed E-state index contributed by atoms with van der Waals surface area (Å²) in [5.74, 6) is 0.764. The molecule has 0 aliphatic heterocycles. The predicted molar refractivity (Wildman–Crippen MR) is 115 cm³/mol. The van der Waals surface area contributed by atoms with Crippen LogP contribution in [0.3, 0.4) is 0 Å². The first-order valence-corrected chi connectivity index (χ1v) is 9.74. The lowest BCUT2D eigenvalue weighted by Crippen LogP contribution is -2.37. The number of halogens is 1. The minimum absolute atomic E-state index is 0. The normalized spacial score (nSPS) is 10.4. The molecule has 7 nitrogen and oxygen atoms in total. The minimum atomic E-state index is -0.344. The standard InChI is InChI=1S/C11H16N4O2.C8H19N.ClH/c1-5-6-15-7(2)12-9-8(15)10(16)14(4)11(17)13(9)3;1-3-5-7-9-8-6-4-2;/h5-6H2,1-4H3;9H,3-8H2,1-2H3;1H. The lowest BCUT2D eigenvalue weighted by atomic mass is 10.3. The highest BCUT2D eigenvalue weighted by Gasteiger charge is 2.16. The average molecular weight is 402 g/mol. The van der Waals surface area contributed by atoms with Crippen LogP contribution < -0.4 is 16.6 Å². The molecule has 0 unspecified atom stereocenters. The lowest BCUT2D eigenvalue weighted by Gasteiger charge is -2.06. The van der Waals surface area contributed by atoms with Gasteiger partial charge in [-0.2, -0.15) is 0 Å². The Labute approximate surface area is 168 Å². The van der Waals surface area contributed by atoms with Crippen molar-refractivity contribution in [3.63, 3.8) is 0 Å². The van der Waals surface area contributed by atoms with Gasteiger partial charge in [-0.05, 0) is 39.3 Å². The molecule has 0 saturated heterocycles. The number of aryl methyl sites for hydroxylation is 3. The Hall–Kier alpha value is -1.60. The molecule has 0 atom stereocenters. The molecule has 27 heavy (non-hydrogen) atoms. The molecule has 2 aromatic rings. The van der Waals surface area contributed by atoms with Crippen molar-refractivity contribution >= 4 is 23.6 Å². The van der Waals surface area contributed by atoms with Gasteiger partial charge in [-0.1, -0.05) is 33.6 Å². The Kier molecular flexibility index (Phi) is 12.0. The maximum atomic E-state index is 12.1. The number of imidazole rings is 1. The van der Waals surface area contributed by atoms with Gasteiger partial charge >= 0.3 is 5.69 Å². The SMILES string of the molecule is CCCCNCCCC.CCCn1c(C)nc2c1c(=O)n(C)c(=O)n2C.Cl. The third-order valence-electron chi connectivity index (χ3n) is 4.40. The third kappa shape index (κ3) is 6.50. The van der Waals surface area contributed by atoms with Gasteiger partial charge in [0.05, 0.1) is 0 Å². The summed E-state index contributed by atoms with van der Waals surface area (Å²) in [6, 6.07) is 0. The van der Waals surface area contributed by atoms with Gasteiger partial charge in [0.25, 0.3) is 5.56 Å². The van der Waals surface area contributed by atoms with E-state index in [1.165, 1.54) is 50.4 Å². The Morgan fingerprint density at radius 1 is 0.926 bits per heavy atom. The molecule has 0 spiro atoms. The number of aromatic nitrogens is 4. The summed E-state index contributed by atoms with van der Waals surface area (Å²) in [6.07, 6.45) is 6.17. The number of unbranched alkanes of at least 4 members (excludes halogenated alkanes) is 2. The number of nitrogens with one attached hydrogen (secondary N) is 1. The molecule has 1 N–H and O–H groups in total. The molecule has 0 aromatic carbocycles. The second kappa shape index (κ2) is 12.7. The molecule has 0 fully saturated rings. The molecule has 2 heterocycles. The topological polar surface area (TPSA) is 73.8 Å². The molecule has 0 amide bonds. The summed E-state index contributed by atoms with van der Waals surface area (Å²) in [4.78, 5) is 28.2. The Morgan fingerprint density at radius 2 is 1.48 bits per heavy atom. The van der Waals surface area contributed by atoms with Crippen LogP contribution >= 0.6 is 12.4 Å². The van der Waals surface area contributed by atoms with Crippen LogP contribution in [0.4, 0.5) is 0 Å². The molecule has 2 rings (SSSR count). The fourth-order valence-corrected chi connectivity index (χ4v) is 2.78. The molecule has 0 aliphatic rings. The second-order valence-corrected chi connectivity index (χ2v) is 6.65. The van der Waals surface area contributed by atoms with E-state index in [4.69, 9.17) is 0 Å².